The standard InChI is InChI=1S/C19H17BrClN3O3/c1-3-11(2)27-17-14(20)8-12(9-15(17)21)10-22-24-18(25)13-6-4-5-7-16(13)23-19(24)26/h4-11H,3H2,1-2H3,(H,23,26)/t11-/m1/s1. The van der Waals surface area contributed by atoms with Crippen LogP contribution < -0.4 is 16.0 Å². The molecule has 8 heteroatoms. The first-order valence-electron chi connectivity index (χ1n) is 8.34. The summed E-state index contributed by atoms with van der Waals surface area (Å²) in [4.78, 5) is 27.3. The highest BCUT2D eigenvalue weighted by Crippen LogP contribution is 2.35. The number of halogens is 2. The fraction of sp³-hybridized carbons (Fsp3) is 0.211. The summed E-state index contributed by atoms with van der Waals surface area (Å²) in [7, 11) is 0. The van der Waals surface area contributed by atoms with Crippen LogP contribution in [0, 0.1) is 0 Å². The highest BCUT2D eigenvalue weighted by Gasteiger charge is 2.12. The summed E-state index contributed by atoms with van der Waals surface area (Å²) in [6.07, 6.45) is 2.27. The van der Waals surface area contributed by atoms with Crippen LogP contribution in [0.2, 0.25) is 5.02 Å². The molecule has 0 aliphatic carbocycles. The topological polar surface area (TPSA) is 76.5 Å². The van der Waals surface area contributed by atoms with E-state index in [1.165, 1.54) is 6.21 Å². The number of hydrogen-bond donors (Lipinski definition) is 1. The average Bonchev–Trinajstić information content (AvgIpc) is 2.64. The summed E-state index contributed by atoms with van der Waals surface area (Å²) in [6.45, 7) is 3.98. The van der Waals surface area contributed by atoms with Crippen molar-refractivity contribution >= 4 is 44.6 Å². The highest BCUT2D eigenvalue weighted by atomic mass is 79.9. The van der Waals surface area contributed by atoms with E-state index < -0.39 is 11.2 Å². The van der Waals surface area contributed by atoms with Crippen molar-refractivity contribution < 1.29 is 4.74 Å². The van der Waals surface area contributed by atoms with Crippen molar-refractivity contribution in [2.75, 3.05) is 0 Å². The molecule has 1 heterocycles. The molecule has 0 fully saturated rings. The van der Waals surface area contributed by atoms with Crippen LogP contribution in [0.3, 0.4) is 0 Å². The molecule has 0 bridgehead atoms. The number of aromatic nitrogens is 2. The molecule has 0 spiro atoms. The van der Waals surface area contributed by atoms with E-state index >= 15 is 0 Å². The van der Waals surface area contributed by atoms with E-state index in [4.69, 9.17) is 16.3 Å². The largest absolute Gasteiger partial charge is 0.488 e. The van der Waals surface area contributed by atoms with Crippen LogP contribution in [-0.4, -0.2) is 22.0 Å². The van der Waals surface area contributed by atoms with Gasteiger partial charge in [-0.25, -0.2) is 4.79 Å². The van der Waals surface area contributed by atoms with Crippen LogP contribution in [0.15, 0.2) is 55.6 Å². The van der Waals surface area contributed by atoms with Gasteiger partial charge in [-0.1, -0.05) is 30.7 Å². The van der Waals surface area contributed by atoms with E-state index in [1.54, 1.807) is 36.4 Å². The smallest absolute Gasteiger partial charge is 0.349 e. The van der Waals surface area contributed by atoms with Crippen molar-refractivity contribution in [2.45, 2.75) is 26.4 Å². The van der Waals surface area contributed by atoms with Crippen molar-refractivity contribution in [2.24, 2.45) is 5.10 Å². The van der Waals surface area contributed by atoms with Gasteiger partial charge in [-0.05, 0) is 59.1 Å². The predicted octanol–water partition coefficient (Wildman–Crippen LogP) is 4.17. The molecular weight excluding hydrogens is 434 g/mol. The minimum atomic E-state index is -0.614. The summed E-state index contributed by atoms with van der Waals surface area (Å²) in [6, 6.07) is 10.2. The van der Waals surface area contributed by atoms with Crippen molar-refractivity contribution in [1.82, 2.24) is 9.66 Å². The molecule has 1 atom stereocenters. The molecule has 3 rings (SSSR count). The van der Waals surface area contributed by atoms with Gasteiger partial charge in [-0.3, -0.25) is 4.79 Å². The molecule has 1 aromatic heterocycles. The normalized spacial score (nSPS) is 12.6. The third-order valence-electron chi connectivity index (χ3n) is 4.02. The average molecular weight is 451 g/mol. The third-order valence-corrected chi connectivity index (χ3v) is 4.89. The number of para-hydroxylation sites is 1. The lowest BCUT2D eigenvalue weighted by atomic mass is 10.2. The van der Waals surface area contributed by atoms with Crippen molar-refractivity contribution in [3.63, 3.8) is 0 Å². The van der Waals surface area contributed by atoms with Crippen LogP contribution in [0.1, 0.15) is 25.8 Å². The van der Waals surface area contributed by atoms with Gasteiger partial charge in [-0.15, -0.1) is 4.68 Å². The number of rotatable bonds is 5. The molecule has 0 unspecified atom stereocenters. The van der Waals surface area contributed by atoms with Gasteiger partial charge in [0, 0.05) is 0 Å². The summed E-state index contributed by atoms with van der Waals surface area (Å²) in [5, 5.41) is 4.82. The second-order valence-electron chi connectivity index (χ2n) is 5.99. The van der Waals surface area contributed by atoms with Crippen molar-refractivity contribution in [3.8, 4) is 5.75 Å². The maximum absolute atomic E-state index is 12.5. The molecule has 2 aromatic carbocycles. The highest BCUT2D eigenvalue weighted by molar-refractivity contribution is 9.10. The van der Waals surface area contributed by atoms with Crippen LogP contribution in [0.5, 0.6) is 5.75 Å². The molecule has 27 heavy (non-hydrogen) atoms. The van der Waals surface area contributed by atoms with Crippen LogP contribution in [0.25, 0.3) is 10.9 Å². The molecule has 1 N–H and O–H groups in total. The maximum atomic E-state index is 12.5. The van der Waals surface area contributed by atoms with Gasteiger partial charge in [0.05, 0.1) is 32.7 Å². The lowest BCUT2D eigenvalue weighted by Crippen LogP contribution is -2.32. The lowest BCUT2D eigenvalue weighted by Gasteiger charge is -2.15. The summed E-state index contributed by atoms with van der Waals surface area (Å²) >= 11 is 9.74. The first-order chi connectivity index (χ1) is 12.9. The monoisotopic (exact) mass is 449 g/mol. The fourth-order valence-corrected chi connectivity index (χ4v) is 3.39. The van der Waals surface area contributed by atoms with E-state index in [0.29, 0.717) is 31.7 Å². The first kappa shape index (κ1) is 19.4. The number of H-pyrrole nitrogens is 1. The predicted molar refractivity (Wildman–Crippen MR) is 111 cm³/mol. The molecule has 0 aliphatic heterocycles. The van der Waals surface area contributed by atoms with Gasteiger partial charge in [0.1, 0.15) is 0 Å². The number of nitrogens with zero attached hydrogens (tertiary/aromatic N) is 2. The molecule has 0 aliphatic rings. The van der Waals surface area contributed by atoms with E-state index in [0.717, 1.165) is 11.1 Å². The number of hydrogen-bond acceptors (Lipinski definition) is 4. The Kier molecular flexibility index (Phi) is 5.82. The minimum Gasteiger partial charge on any atom is -0.488 e. The zero-order valence-electron chi connectivity index (χ0n) is 14.7. The fourth-order valence-electron chi connectivity index (χ4n) is 2.43. The Morgan fingerprint density at radius 1 is 1.33 bits per heavy atom. The van der Waals surface area contributed by atoms with Crippen molar-refractivity contribution in [1.29, 1.82) is 0 Å². The van der Waals surface area contributed by atoms with E-state index in [-0.39, 0.29) is 6.10 Å². The van der Waals surface area contributed by atoms with Crippen LogP contribution >= 0.6 is 27.5 Å². The SMILES string of the molecule is CC[C@@H](C)Oc1c(Cl)cc(C=Nn2c(=O)[nH]c3ccccc3c2=O)cc1Br. The van der Waals surface area contributed by atoms with Gasteiger partial charge in [0.15, 0.2) is 5.75 Å². The number of ether oxygens (including phenoxy) is 1. The Hall–Kier alpha value is -2.38. The van der Waals surface area contributed by atoms with Gasteiger partial charge in [-0.2, -0.15) is 5.10 Å². The molecule has 0 saturated carbocycles. The van der Waals surface area contributed by atoms with Gasteiger partial charge in [0.2, 0.25) is 0 Å². The quantitative estimate of drug-likeness (QED) is 0.593. The van der Waals surface area contributed by atoms with E-state index in [9.17, 15) is 9.59 Å². The number of benzene rings is 2. The molecule has 0 radical (unpaired) electrons. The van der Waals surface area contributed by atoms with Crippen molar-refractivity contribution in [3.05, 3.63) is 72.3 Å². The minimum absolute atomic E-state index is 0.0213. The number of nitrogens with one attached hydrogen (secondary N) is 1. The molecular formula is C19H17BrClN3O3. The zero-order valence-corrected chi connectivity index (χ0v) is 17.0. The maximum Gasteiger partial charge on any atom is 0.349 e. The Morgan fingerprint density at radius 3 is 2.78 bits per heavy atom. The Bertz CT molecular complexity index is 1110. The Labute approximate surface area is 168 Å². The molecule has 3 aromatic rings. The van der Waals surface area contributed by atoms with Gasteiger partial charge in [0.25, 0.3) is 5.56 Å². The van der Waals surface area contributed by atoms with Gasteiger partial charge >= 0.3 is 5.69 Å². The summed E-state index contributed by atoms with van der Waals surface area (Å²) in [5.41, 5.74) is -0.0246. The Morgan fingerprint density at radius 2 is 2.07 bits per heavy atom. The van der Waals surface area contributed by atoms with Crippen LogP contribution in [-0.2, 0) is 0 Å². The van der Waals surface area contributed by atoms with E-state index in [2.05, 4.69) is 26.0 Å². The number of aromatic amines is 1. The molecule has 0 amide bonds. The van der Waals surface area contributed by atoms with Gasteiger partial charge < -0.3 is 9.72 Å². The zero-order chi connectivity index (χ0) is 19.6. The third kappa shape index (κ3) is 4.14. The molecule has 0 saturated heterocycles. The second kappa shape index (κ2) is 8.10. The summed E-state index contributed by atoms with van der Waals surface area (Å²) < 4.78 is 7.24. The first-order valence-corrected chi connectivity index (χ1v) is 9.52. The van der Waals surface area contributed by atoms with Crippen LogP contribution in [0.4, 0.5) is 0 Å². The number of fused-ring (bicyclic) bond motifs is 1. The second-order valence-corrected chi connectivity index (χ2v) is 7.25. The molecule has 140 valence electrons. The lowest BCUT2D eigenvalue weighted by molar-refractivity contribution is 0.216. The molecule has 6 nitrogen and oxygen atoms in total. The van der Waals surface area contributed by atoms with E-state index in [1.807, 2.05) is 13.8 Å². The Balaban J connectivity index is 1.99. The summed E-state index contributed by atoms with van der Waals surface area (Å²) in [5.74, 6) is 0.545.